The van der Waals surface area contributed by atoms with Crippen LogP contribution in [0.1, 0.15) is 36.6 Å². The smallest absolute Gasteiger partial charge is 0.0574 e. The van der Waals surface area contributed by atoms with Crippen molar-refractivity contribution in [2.75, 3.05) is 7.05 Å². The fourth-order valence-electron chi connectivity index (χ4n) is 2.54. The predicted molar refractivity (Wildman–Crippen MR) is 95.0 cm³/mol. The molecular weight excluding hydrogens is 346 g/mol. The average molecular weight is 367 g/mol. The Morgan fingerprint density at radius 3 is 2.19 bits per heavy atom. The maximum absolute atomic E-state index is 6.08. The molecule has 0 aliphatic rings. The van der Waals surface area contributed by atoms with Crippen LogP contribution in [-0.2, 0) is 6.42 Å². The first-order valence-electron chi connectivity index (χ1n) is 7.22. The van der Waals surface area contributed by atoms with Crippen molar-refractivity contribution in [2.45, 2.75) is 26.3 Å². The van der Waals surface area contributed by atoms with Crippen molar-refractivity contribution in [2.24, 2.45) is 5.92 Å². The molecule has 0 amide bonds. The van der Waals surface area contributed by atoms with Crippen molar-refractivity contribution in [3.8, 4) is 0 Å². The number of hydrogen-bond acceptors (Lipinski definition) is 1. The molecule has 2 aromatic carbocycles. The molecule has 0 aliphatic carbocycles. The van der Waals surface area contributed by atoms with Gasteiger partial charge < -0.3 is 5.32 Å². The molecule has 0 saturated carbocycles. The van der Waals surface area contributed by atoms with Gasteiger partial charge in [0.2, 0.25) is 0 Å². The van der Waals surface area contributed by atoms with Crippen LogP contribution in [0.15, 0.2) is 46.9 Å². The van der Waals surface area contributed by atoms with Gasteiger partial charge in [0.25, 0.3) is 0 Å². The third-order valence-corrected chi connectivity index (χ3v) is 4.74. The Bertz CT molecular complexity index is 593. The third-order valence-electron chi connectivity index (χ3n) is 3.52. The zero-order chi connectivity index (χ0) is 15.4. The Kier molecular flexibility index (Phi) is 5.86. The summed E-state index contributed by atoms with van der Waals surface area (Å²) in [4.78, 5) is 0. The molecule has 0 aliphatic heterocycles. The lowest BCUT2D eigenvalue weighted by atomic mass is 9.96. The molecule has 1 atom stereocenters. The van der Waals surface area contributed by atoms with Gasteiger partial charge in [-0.1, -0.05) is 55.8 Å². The van der Waals surface area contributed by atoms with Gasteiger partial charge in [0.1, 0.15) is 0 Å². The summed E-state index contributed by atoms with van der Waals surface area (Å²) in [6.07, 6.45) is 1.12. The number of nitrogens with one attached hydrogen (secondary N) is 1. The standard InChI is InChI=1S/C18H21BrClN/c1-12(2)10-13-4-6-14(7-5-13)18(21-3)15-8-9-17(20)16(19)11-15/h4-9,11-12,18,21H,10H2,1-3H3. The lowest BCUT2D eigenvalue weighted by Gasteiger charge is -2.18. The fraction of sp³-hybridized carbons (Fsp3) is 0.333. The van der Waals surface area contributed by atoms with Crippen molar-refractivity contribution >= 4 is 27.5 Å². The van der Waals surface area contributed by atoms with Gasteiger partial charge >= 0.3 is 0 Å². The monoisotopic (exact) mass is 365 g/mol. The van der Waals surface area contributed by atoms with E-state index in [4.69, 9.17) is 11.6 Å². The Morgan fingerprint density at radius 1 is 1.05 bits per heavy atom. The van der Waals surface area contributed by atoms with Gasteiger partial charge in [-0.15, -0.1) is 0 Å². The highest BCUT2D eigenvalue weighted by Gasteiger charge is 2.13. The summed E-state index contributed by atoms with van der Waals surface area (Å²) >= 11 is 9.57. The van der Waals surface area contributed by atoms with Crippen molar-refractivity contribution < 1.29 is 0 Å². The van der Waals surface area contributed by atoms with E-state index >= 15 is 0 Å². The Morgan fingerprint density at radius 2 is 1.67 bits per heavy atom. The van der Waals surface area contributed by atoms with Crippen molar-refractivity contribution in [3.63, 3.8) is 0 Å². The van der Waals surface area contributed by atoms with Crippen molar-refractivity contribution in [3.05, 3.63) is 68.7 Å². The largest absolute Gasteiger partial charge is 0.309 e. The van der Waals surface area contributed by atoms with Gasteiger partial charge in [0.15, 0.2) is 0 Å². The van der Waals surface area contributed by atoms with E-state index in [0.717, 1.165) is 15.9 Å². The molecule has 1 nitrogen and oxygen atoms in total. The molecule has 0 fully saturated rings. The molecule has 1 unspecified atom stereocenters. The third kappa shape index (κ3) is 4.32. The van der Waals surface area contributed by atoms with E-state index in [1.54, 1.807) is 0 Å². The van der Waals surface area contributed by atoms with Crippen LogP contribution in [0.4, 0.5) is 0 Å². The number of halogens is 2. The molecule has 21 heavy (non-hydrogen) atoms. The minimum Gasteiger partial charge on any atom is -0.309 e. The van der Waals surface area contributed by atoms with Gasteiger partial charge in [0, 0.05) is 4.47 Å². The lowest BCUT2D eigenvalue weighted by molar-refractivity contribution is 0.645. The highest BCUT2D eigenvalue weighted by atomic mass is 79.9. The molecule has 0 radical (unpaired) electrons. The average Bonchev–Trinajstić information content (AvgIpc) is 2.45. The van der Waals surface area contributed by atoms with Crippen LogP contribution in [0.5, 0.6) is 0 Å². The Labute approximate surface area is 140 Å². The second-order valence-corrected chi connectivity index (χ2v) is 7.00. The van der Waals surface area contributed by atoms with Crippen LogP contribution in [0.3, 0.4) is 0 Å². The van der Waals surface area contributed by atoms with E-state index in [1.807, 2.05) is 13.1 Å². The zero-order valence-electron chi connectivity index (χ0n) is 12.7. The number of benzene rings is 2. The van der Waals surface area contributed by atoms with Gasteiger partial charge in [-0.05, 0) is 64.1 Å². The topological polar surface area (TPSA) is 12.0 Å². The summed E-state index contributed by atoms with van der Waals surface area (Å²) in [5.74, 6) is 0.683. The first-order chi connectivity index (χ1) is 10.0. The van der Waals surface area contributed by atoms with Crippen molar-refractivity contribution in [1.29, 1.82) is 0 Å². The minimum absolute atomic E-state index is 0.173. The second-order valence-electron chi connectivity index (χ2n) is 5.73. The molecule has 0 saturated heterocycles. The normalized spacial score (nSPS) is 12.7. The van der Waals surface area contributed by atoms with Crippen LogP contribution in [0.25, 0.3) is 0 Å². The van der Waals surface area contributed by atoms with E-state index in [1.165, 1.54) is 16.7 Å². The molecule has 0 aromatic heterocycles. The van der Waals surface area contributed by atoms with Crippen molar-refractivity contribution in [1.82, 2.24) is 5.32 Å². The molecule has 1 N–H and O–H groups in total. The highest BCUT2D eigenvalue weighted by molar-refractivity contribution is 9.10. The second kappa shape index (κ2) is 7.44. The Hall–Kier alpha value is -0.830. The van der Waals surface area contributed by atoms with Crippen LogP contribution >= 0.6 is 27.5 Å². The summed E-state index contributed by atoms with van der Waals surface area (Å²) < 4.78 is 0.929. The molecule has 0 heterocycles. The molecule has 0 spiro atoms. The molecule has 2 rings (SSSR count). The fourth-order valence-corrected chi connectivity index (χ4v) is 3.05. The summed E-state index contributed by atoms with van der Waals surface area (Å²) in [5, 5.41) is 4.11. The molecule has 112 valence electrons. The number of rotatable bonds is 5. The van der Waals surface area contributed by atoms with Gasteiger partial charge in [-0.25, -0.2) is 0 Å². The van der Waals surface area contributed by atoms with E-state index < -0.39 is 0 Å². The maximum Gasteiger partial charge on any atom is 0.0574 e. The van der Waals surface area contributed by atoms with Crippen LogP contribution in [-0.4, -0.2) is 7.05 Å². The Balaban J connectivity index is 2.26. The summed E-state index contributed by atoms with van der Waals surface area (Å²) in [6, 6.07) is 15.1. The molecule has 3 heteroatoms. The highest BCUT2D eigenvalue weighted by Crippen LogP contribution is 2.29. The quantitative estimate of drug-likeness (QED) is 0.725. The van der Waals surface area contributed by atoms with Gasteiger partial charge in [0.05, 0.1) is 11.1 Å². The SMILES string of the molecule is CNC(c1ccc(CC(C)C)cc1)c1ccc(Cl)c(Br)c1. The van der Waals surface area contributed by atoms with E-state index in [9.17, 15) is 0 Å². The van der Waals surface area contributed by atoms with E-state index in [-0.39, 0.29) is 6.04 Å². The number of hydrogen-bond donors (Lipinski definition) is 1. The van der Waals surface area contributed by atoms with E-state index in [2.05, 4.69) is 71.5 Å². The first kappa shape index (κ1) is 16.5. The zero-order valence-corrected chi connectivity index (χ0v) is 15.0. The van der Waals surface area contributed by atoms with Gasteiger partial charge in [-0.2, -0.15) is 0 Å². The summed E-state index contributed by atoms with van der Waals surface area (Å²) in [5.41, 5.74) is 3.85. The van der Waals surface area contributed by atoms with Crippen LogP contribution < -0.4 is 5.32 Å². The molecular formula is C18H21BrClN. The maximum atomic E-state index is 6.08. The minimum atomic E-state index is 0.173. The van der Waals surface area contributed by atoms with Crippen LogP contribution in [0.2, 0.25) is 5.02 Å². The van der Waals surface area contributed by atoms with Crippen LogP contribution in [0, 0.1) is 5.92 Å². The summed E-state index contributed by atoms with van der Waals surface area (Å²) in [7, 11) is 1.98. The lowest BCUT2D eigenvalue weighted by Crippen LogP contribution is -2.17. The molecule has 0 bridgehead atoms. The molecule has 2 aromatic rings. The first-order valence-corrected chi connectivity index (χ1v) is 8.39. The summed E-state index contributed by atoms with van der Waals surface area (Å²) in [6.45, 7) is 4.49. The van der Waals surface area contributed by atoms with E-state index in [0.29, 0.717) is 5.92 Å². The van der Waals surface area contributed by atoms with Gasteiger partial charge in [-0.3, -0.25) is 0 Å². The predicted octanol–water partition coefficient (Wildman–Crippen LogP) is 5.61.